The van der Waals surface area contributed by atoms with Crippen LogP contribution >= 0.6 is 11.3 Å². The Hall–Kier alpha value is -1.19. The van der Waals surface area contributed by atoms with Crippen LogP contribution in [0.4, 0.5) is 0 Å². The summed E-state index contributed by atoms with van der Waals surface area (Å²) < 4.78 is 0. The first-order chi connectivity index (χ1) is 9.83. The van der Waals surface area contributed by atoms with Gasteiger partial charge < -0.3 is 5.32 Å². The number of aryl methyl sites for hydroxylation is 1. The smallest absolute Gasteiger partial charge is 0.0932 e. The van der Waals surface area contributed by atoms with Gasteiger partial charge in [-0.25, -0.2) is 4.98 Å². The van der Waals surface area contributed by atoms with Gasteiger partial charge >= 0.3 is 0 Å². The monoisotopic (exact) mass is 288 g/mol. The van der Waals surface area contributed by atoms with Gasteiger partial charge in [0.05, 0.1) is 10.7 Å². The van der Waals surface area contributed by atoms with E-state index in [4.69, 9.17) is 4.98 Å². The maximum Gasteiger partial charge on any atom is 0.0932 e. The van der Waals surface area contributed by atoms with E-state index >= 15 is 0 Å². The second-order valence-electron chi connectivity index (χ2n) is 5.16. The second kappa shape index (κ2) is 8.18. The molecule has 0 aliphatic carbocycles. The van der Waals surface area contributed by atoms with Crippen LogP contribution in [0.5, 0.6) is 0 Å². The van der Waals surface area contributed by atoms with Crippen LogP contribution in [0, 0.1) is 0 Å². The predicted molar refractivity (Wildman–Crippen MR) is 88.2 cm³/mol. The van der Waals surface area contributed by atoms with E-state index in [2.05, 4.69) is 48.9 Å². The summed E-state index contributed by atoms with van der Waals surface area (Å²) in [5.74, 6) is 0. The lowest BCUT2D eigenvalue weighted by molar-refractivity contribution is 0.469. The SMILES string of the molecule is CCCC(CCCc1nc(-c2ccccc2)cs1)NC. The van der Waals surface area contributed by atoms with E-state index in [9.17, 15) is 0 Å². The molecule has 1 N–H and O–H groups in total. The van der Waals surface area contributed by atoms with Gasteiger partial charge in [0.15, 0.2) is 0 Å². The van der Waals surface area contributed by atoms with Crippen LogP contribution in [0.1, 0.15) is 37.6 Å². The summed E-state index contributed by atoms with van der Waals surface area (Å²) in [6.45, 7) is 2.25. The first-order valence-corrected chi connectivity index (χ1v) is 8.38. The molecule has 0 saturated heterocycles. The fourth-order valence-corrected chi connectivity index (χ4v) is 3.30. The number of nitrogens with zero attached hydrogens (tertiary/aromatic N) is 1. The number of hydrogen-bond acceptors (Lipinski definition) is 3. The zero-order valence-electron chi connectivity index (χ0n) is 12.4. The minimum absolute atomic E-state index is 0.661. The molecule has 2 aromatic rings. The van der Waals surface area contributed by atoms with Crippen molar-refractivity contribution >= 4 is 11.3 Å². The van der Waals surface area contributed by atoms with Gasteiger partial charge in [-0.05, 0) is 32.7 Å². The van der Waals surface area contributed by atoms with Crippen molar-refractivity contribution in [1.82, 2.24) is 10.3 Å². The molecule has 0 radical (unpaired) electrons. The zero-order chi connectivity index (χ0) is 14.2. The summed E-state index contributed by atoms with van der Waals surface area (Å²) in [5.41, 5.74) is 2.33. The minimum Gasteiger partial charge on any atom is -0.317 e. The highest BCUT2D eigenvalue weighted by atomic mass is 32.1. The third-order valence-electron chi connectivity index (χ3n) is 3.61. The predicted octanol–water partition coefficient (Wildman–Crippen LogP) is 4.52. The van der Waals surface area contributed by atoms with E-state index in [-0.39, 0.29) is 0 Å². The Kier molecular flexibility index (Phi) is 6.22. The number of rotatable bonds is 8. The molecular formula is C17H24N2S. The van der Waals surface area contributed by atoms with E-state index < -0.39 is 0 Å². The molecule has 3 heteroatoms. The minimum atomic E-state index is 0.661. The number of thiazole rings is 1. The summed E-state index contributed by atoms with van der Waals surface area (Å²) in [7, 11) is 2.07. The van der Waals surface area contributed by atoms with Crippen molar-refractivity contribution in [2.75, 3.05) is 7.05 Å². The fourth-order valence-electron chi connectivity index (χ4n) is 2.45. The number of benzene rings is 1. The Bertz CT molecular complexity index is 493. The lowest BCUT2D eigenvalue weighted by Gasteiger charge is -2.14. The van der Waals surface area contributed by atoms with Crippen LogP contribution in [0.3, 0.4) is 0 Å². The maximum atomic E-state index is 4.75. The van der Waals surface area contributed by atoms with Crippen molar-refractivity contribution in [3.63, 3.8) is 0 Å². The highest BCUT2D eigenvalue weighted by Crippen LogP contribution is 2.22. The van der Waals surface area contributed by atoms with Crippen LogP contribution in [0.15, 0.2) is 35.7 Å². The number of hydrogen-bond donors (Lipinski definition) is 1. The molecule has 1 unspecified atom stereocenters. The summed E-state index contributed by atoms with van der Waals surface area (Å²) in [4.78, 5) is 4.75. The molecule has 0 aliphatic heterocycles. The molecule has 0 bridgehead atoms. The van der Waals surface area contributed by atoms with Gasteiger partial charge in [-0.1, -0.05) is 43.7 Å². The molecular weight excluding hydrogens is 264 g/mol. The van der Waals surface area contributed by atoms with Gasteiger partial charge in [0, 0.05) is 17.0 Å². The second-order valence-corrected chi connectivity index (χ2v) is 6.10. The lowest BCUT2D eigenvalue weighted by Crippen LogP contribution is -2.24. The topological polar surface area (TPSA) is 24.9 Å². The summed E-state index contributed by atoms with van der Waals surface area (Å²) in [6.07, 6.45) is 6.07. The van der Waals surface area contributed by atoms with Crippen LogP contribution in [0.2, 0.25) is 0 Å². The number of aromatic nitrogens is 1. The first kappa shape index (κ1) is 15.2. The van der Waals surface area contributed by atoms with Crippen molar-refractivity contribution in [1.29, 1.82) is 0 Å². The Balaban J connectivity index is 1.84. The molecule has 0 aliphatic rings. The normalized spacial score (nSPS) is 12.5. The van der Waals surface area contributed by atoms with Gasteiger partial charge in [0.25, 0.3) is 0 Å². The van der Waals surface area contributed by atoms with Crippen molar-refractivity contribution in [2.24, 2.45) is 0 Å². The number of nitrogens with one attached hydrogen (secondary N) is 1. The molecule has 1 aromatic carbocycles. The Morgan fingerprint density at radius 1 is 1.20 bits per heavy atom. The van der Waals surface area contributed by atoms with E-state index in [1.165, 1.54) is 36.3 Å². The van der Waals surface area contributed by atoms with Crippen LogP contribution < -0.4 is 5.32 Å². The van der Waals surface area contributed by atoms with Crippen molar-refractivity contribution in [3.8, 4) is 11.3 Å². The molecule has 1 atom stereocenters. The van der Waals surface area contributed by atoms with Gasteiger partial charge in [0.2, 0.25) is 0 Å². The molecule has 0 amide bonds. The van der Waals surface area contributed by atoms with Crippen LogP contribution in [-0.4, -0.2) is 18.1 Å². The first-order valence-electron chi connectivity index (χ1n) is 7.50. The summed E-state index contributed by atoms with van der Waals surface area (Å²) >= 11 is 1.79. The quantitative estimate of drug-likeness (QED) is 0.772. The molecule has 0 fully saturated rings. The van der Waals surface area contributed by atoms with E-state index in [0.717, 1.165) is 12.1 Å². The lowest BCUT2D eigenvalue weighted by atomic mass is 10.1. The van der Waals surface area contributed by atoms with E-state index in [1.807, 2.05) is 6.07 Å². The highest BCUT2D eigenvalue weighted by molar-refractivity contribution is 7.09. The van der Waals surface area contributed by atoms with Crippen LogP contribution in [0.25, 0.3) is 11.3 Å². The highest BCUT2D eigenvalue weighted by Gasteiger charge is 2.07. The molecule has 2 nitrogen and oxygen atoms in total. The summed E-state index contributed by atoms with van der Waals surface area (Å²) in [6, 6.07) is 11.1. The zero-order valence-corrected chi connectivity index (χ0v) is 13.2. The van der Waals surface area contributed by atoms with E-state index in [0.29, 0.717) is 6.04 Å². The molecule has 2 rings (SSSR count). The van der Waals surface area contributed by atoms with Gasteiger partial charge in [0.1, 0.15) is 0 Å². The standard InChI is InChI=1S/C17H24N2S/c1-3-8-15(18-2)11-7-12-17-19-16(13-20-17)14-9-5-4-6-10-14/h4-6,9-10,13,15,18H,3,7-8,11-12H2,1-2H3. The van der Waals surface area contributed by atoms with Crippen molar-refractivity contribution in [3.05, 3.63) is 40.7 Å². The van der Waals surface area contributed by atoms with Gasteiger partial charge in [-0.15, -0.1) is 11.3 Å². The maximum absolute atomic E-state index is 4.75. The van der Waals surface area contributed by atoms with Crippen molar-refractivity contribution in [2.45, 2.75) is 45.1 Å². The van der Waals surface area contributed by atoms with Gasteiger partial charge in [-0.2, -0.15) is 0 Å². The molecule has 108 valence electrons. The van der Waals surface area contributed by atoms with Gasteiger partial charge in [-0.3, -0.25) is 0 Å². The molecule has 1 heterocycles. The molecule has 0 saturated carbocycles. The van der Waals surface area contributed by atoms with Crippen LogP contribution in [-0.2, 0) is 6.42 Å². The third-order valence-corrected chi connectivity index (χ3v) is 4.52. The van der Waals surface area contributed by atoms with Crippen molar-refractivity contribution < 1.29 is 0 Å². The molecule has 0 spiro atoms. The average molecular weight is 288 g/mol. The summed E-state index contributed by atoms with van der Waals surface area (Å²) in [5, 5.41) is 6.84. The fraction of sp³-hybridized carbons (Fsp3) is 0.471. The third kappa shape index (κ3) is 4.43. The molecule has 20 heavy (non-hydrogen) atoms. The average Bonchev–Trinajstić information content (AvgIpc) is 2.96. The molecule has 1 aromatic heterocycles. The Morgan fingerprint density at radius 2 is 2.00 bits per heavy atom. The Labute approximate surface area is 126 Å². The van der Waals surface area contributed by atoms with E-state index in [1.54, 1.807) is 11.3 Å². The Morgan fingerprint density at radius 3 is 2.70 bits per heavy atom. The largest absolute Gasteiger partial charge is 0.317 e.